The number of nitriles is 1. The van der Waals surface area contributed by atoms with E-state index in [1.54, 1.807) is 13.0 Å². The molecule has 1 rings (SSSR count). The van der Waals surface area contributed by atoms with Crippen molar-refractivity contribution in [1.29, 1.82) is 5.26 Å². The van der Waals surface area contributed by atoms with Gasteiger partial charge in [-0.3, -0.25) is 0 Å². The Hall–Kier alpha value is -1.19. The molecule has 0 saturated carbocycles. The molecule has 1 aromatic rings. The van der Waals surface area contributed by atoms with Gasteiger partial charge in [-0.25, -0.2) is 17.2 Å². The summed E-state index contributed by atoms with van der Waals surface area (Å²) >= 11 is 0. The molecule has 0 heterocycles. The number of alkyl halides is 2. The molecule has 3 nitrogen and oxygen atoms in total. The molecule has 92 valence electrons. The highest BCUT2D eigenvalue weighted by atomic mass is 35.7. The number of halogens is 3. The van der Waals surface area contributed by atoms with E-state index in [4.69, 9.17) is 15.9 Å². The van der Waals surface area contributed by atoms with E-state index >= 15 is 0 Å². The van der Waals surface area contributed by atoms with E-state index in [1.807, 2.05) is 0 Å². The highest BCUT2D eigenvalue weighted by molar-refractivity contribution is 8.13. The van der Waals surface area contributed by atoms with Gasteiger partial charge in [-0.05, 0) is 24.1 Å². The number of hydrogen-bond donors (Lipinski definition) is 0. The fourth-order valence-corrected chi connectivity index (χ4v) is 2.47. The lowest BCUT2D eigenvalue weighted by atomic mass is 10.0. The van der Waals surface area contributed by atoms with Crippen molar-refractivity contribution in [3.05, 3.63) is 28.8 Å². The lowest BCUT2D eigenvalue weighted by molar-refractivity contribution is 0.150. The third-order valence-electron chi connectivity index (χ3n) is 2.24. The van der Waals surface area contributed by atoms with E-state index in [-0.39, 0.29) is 23.1 Å². The molecular formula is C10H8ClF2NO2S. The predicted octanol–water partition coefficient (Wildman–Crippen LogP) is 2.99. The molecule has 0 spiro atoms. The van der Waals surface area contributed by atoms with Crippen molar-refractivity contribution in [2.75, 3.05) is 0 Å². The van der Waals surface area contributed by atoms with Crippen molar-refractivity contribution in [1.82, 2.24) is 0 Å². The molecule has 0 radical (unpaired) electrons. The second kappa shape index (κ2) is 4.98. The smallest absolute Gasteiger partial charge is 0.207 e. The molecule has 0 aliphatic rings. The van der Waals surface area contributed by atoms with E-state index in [9.17, 15) is 17.2 Å². The lowest BCUT2D eigenvalue weighted by Crippen LogP contribution is -2.02. The van der Waals surface area contributed by atoms with Crippen LogP contribution in [-0.4, -0.2) is 8.42 Å². The predicted molar refractivity (Wildman–Crippen MR) is 58.5 cm³/mol. The number of nitrogens with zero attached hydrogens (tertiary/aromatic N) is 1. The van der Waals surface area contributed by atoms with Gasteiger partial charge < -0.3 is 0 Å². The van der Waals surface area contributed by atoms with Gasteiger partial charge in [0.05, 0.1) is 5.56 Å². The van der Waals surface area contributed by atoms with Crippen LogP contribution in [0.1, 0.15) is 30.0 Å². The summed E-state index contributed by atoms with van der Waals surface area (Å²) in [6, 6.07) is 3.46. The zero-order chi connectivity index (χ0) is 13.2. The van der Waals surface area contributed by atoms with E-state index in [0.717, 1.165) is 12.1 Å². The molecule has 0 unspecified atom stereocenters. The van der Waals surface area contributed by atoms with Crippen LogP contribution in [0.3, 0.4) is 0 Å². The number of aryl methyl sites for hydroxylation is 1. The topological polar surface area (TPSA) is 57.9 Å². The summed E-state index contributed by atoms with van der Waals surface area (Å²) in [5.74, 6) is 0. The van der Waals surface area contributed by atoms with Crippen LogP contribution in [-0.2, 0) is 15.5 Å². The molecule has 17 heavy (non-hydrogen) atoms. The summed E-state index contributed by atoms with van der Waals surface area (Å²) in [4.78, 5) is -0.428. The van der Waals surface area contributed by atoms with Crippen molar-refractivity contribution >= 4 is 19.7 Å². The van der Waals surface area contributed by atoms with Crippen LogP contribution < -0.4 is 0 Å². The zero-order valence-electron chi connectivity index (χ0n) is 8.75. The molecular weight excluding hydrogens is 272 g/mol. The monoisotopic (exact) mass is 279 g/mol. The average molecular weight is 280 g/mol. The third kappa shape index (κ3) is 2.93. The van der Waals surface area contributed by atoms with Crippen LogP contribution in [0.25, 0.3) is 0 Å². The molecule has 7 heteroatoms. The number of benzene rings is 1. The van der Waals surface area contributed by atoms with Crippen molar-refractivity contribution in [2.24, 2.45) is 0 Å². The van der Waals surface area contributed by atoms with Crippen LogP contribution in [0.4, 0.5) is 8.78 Å². The first kappa shape index (κ1) is 13.9. The van der Waals surface area contributed by atoms with Crippen LogP contribution in [0, 0.1) is 11.3 Å². The Morgan fingerprint density at radius 1 is 1.47 bits per heavy atom. The van der Waals surface area contributed by atoms with Gasteiger partial charge in [-0.15, -0.1) is 0 Å². The number of rotatable bonds is 3. The van der Waals surface area contributed by atoms with Crippen LogP contribution in [0.5, 0.6) is 0 Å². The summed E-state index contributed by atoms with van der Waals surface area (Å²) in [5, 5.41) is 8.73. The molecule has 0 atom stereocenters. The molecule has 0 aliphatic carbocycles. The van der Waals surface area contributed by atoms with Crippen molar-refractivity contribution in [3.63, 3.8) is 0 Å². The van der Waals surface area contributed by atoms with Crippen LogP contribution in [0.15, 0.2) is 17.0 Å². The van der Waals surface area contributed by atoms with Gasteiger partial charge >= 0.3 is 0 Å². The zero-order valence-corrected chi connectivity index (χ0v) is 10.3. The summed E-state index contributed by atoms with van der Waals surface area (Å²) in [6.45, 7) is 1.61. The van der Waals surface area contributed by atoms with Gasteiger partial charge in [0.15, 0.2) is 0 Å². The van der Waals surface area contributed by atoms with Gasteiger partial charge in [-0.2, -0.15) is 5.26 Å². The lowest BCUT2D eigenvalue weighted by Gasteiger charge is -2.10. The van der Waals surface area contributed by atoms with E-state index in [1.165, 1.54) is 0 Å². The highest BCUT2D eigenvalue weighted by Crippen LogP contribution is 2.30. The molecule has 0 amide bonds. The fourth-order valence-electron chi connectivity index (χ4n) is 1.44. The average Bonchev–Trinajstić information content (AvgIpc) is 2.25. The maximum atomic E-state index is 12.7. The summed E-state index contributed by atoms with van der Waals surface area (Å²) in [6.07, 6.45) is -2.53. The minimum atomic E-state index is -4.12. The Labute approximate surface area is 102 Å². The van der Waals surface area contributed by atoms with Gasteiger partial charge in [-0.1, -0.05) is 6.92 Å². The standard InChI is InChI=1S/C10H8ClF2NO2S/c1-2-6-4-9(17(11,15)16)7(5-14)3-8(6)10(12)13/h3-4,10H,2H2,1H3. The Kier molecular flexibility index (Phi) is 4.07. The van der Waals surface area contributed by atoms with E-state index in [2.05, 4.69) is 0 Å². The largest absolute Gasteiger partial charge is 0.264 e. The fraction of sp³-hybridized carbons (Fsp3) is 0.300. The van der Waals surface area contributed by atoms with Gasteiger partial charge in [0.25, 0.3) is 15.5 Å². The summed E-state index contributed by atoms with van der Waals surface area (Å²) in [7, 11) is 1.02. The first-order chi connectivity index (χ1) is 7.81. The highest BCUT2D eigenvalue weighted by Gasteiger charge is 2.21. The quantitative estimate of drug-likeness (QED) is 0.799. The Morgan fingerprint density at radius 2 is 2.06 bits per heavy atom. The third-order valence-corrected chi connectivity index (χ3v) is 3.60. The SMILES string of the molecule is CCc1cc(S(=O)(=O)Cl)c(C#N)cc1C(F)F. The molecule has 0 saturated heterocycles. The number of hydrogen-bond acceptors (Lipinski definition) is 3. The maximum absolute atomic E-state index is 12.7. The first-order valence-electron chi connectivity index (χ1n) is 4.61. The summed E-state index contributed by atoms with van der Waals surface area (Å²) < 4.78 is 47.7. The van der Waals surface area contributed by atoms with Gasteiger partial charge in [0, 0.05) is 16.2 Å². The molecule has 0 aliphatic heterocycles. The Morgan fingerprint density at radius 3 is 2.41 bits per heavy atom. The van der Waals surface area contributed by atoms with E-state index < -0.39 is 20.4 Å². The van der Waals surface area contributed by atoms with Crippen molar-refractivity contribution < 1.29 is 17.2 Å². The van der Waals surface area contributed by atoms with Crippen LogP contribution >= 0.6 is 10.7 Å². The molecule has 1 aromatic carbocycles. The normalized spacial score (nSPS) is 11.5. The first-order valence-corrected chi connectivity index (χ1v) is 6.92. The Balaban J connectivity index is 3.62. The molecule has 0 N–H and O–H groups in total. The maximum Gasteiger partial charge on any atom is 0.264 e. The molecule has 0 aromatic heterocycles. The Bertz CT molecular complexity index is 579. The van der Waals surface area contributed by atoms with Crippen LogP contribution in [0.2, 0.25) is 0 Å². The second-order valence-electron chi connectivity index (χ2n) is 3.25. The van der Waals surface area contributed by atoms with Crippen molar-refractivity contribution in [2.45, 2.75) is 24.7 Å². The molecule has 0 bridgehead atoms. The minimum absolute atomic E-state index is 0.165. The second-order valence-corrected chi connectivity index (χ2v) is 5.79. The summed E-state index contributed by atoms with van der Waals surface area (Å²) in [5.41, 5.74) is -0.543. The minimum Gasteiger partial charge on any atom is -0.207 e. The van der Waals surface area contributed by atoms with Gasteiger partial charge in [0.2, 0.25) is 0 Å². The van der Waals surface area contributed by atoms with E-state index in [0.29, 0.717) is 0 Å². The van der Waals surface area contributed by atoms with Crippen molar-refractivity contribution in [3.8, 4) is 6.07 Å². The van der Waals surface area contributed by atoms with Gasteiger partial charge in [0.1, 0.15) is 11.0 Å². The molecule has 0 fully saturated rings.